The molecule has 0 radical (unpaired) electrons. The number of halogens is 4. The van der Waals surface area contributed by atoms with E-state index in [-0.39, 0.29) is 17.1 Å². The van der Waals surface area contributed by atoms with Crippen molar-refractivity contribution >= 4 is 28.9 Å². The lowest BCUT2D eigenvalue weighted by atomic mass is 10.1. The Labute approximate surface area is 142 Å². The van der Waals surface area contributed by atoms with Gasteiger partial charge in [-0.25, -0.2) is 0 Å². The van der Waals surface area contributed by atoms with Crippen LogP contribution in [-0.4, -0.2) is 12.5 Å². The molecule has 0 aliphatic heterocycles. The fraction of sp³-hybridized carbons (Fsp3) is 0.235. The Balaban J connectivity index is 1.97. The van der Waals surface area contributed by atoms with Crippen molar-refractivity contribution in [2.24, 2.45) is 0 Å². The summed E-state index contributed by atoms with van der Waals surface area (Å²) in [5.41, 5.74) is 0.644. The van der Waals surface area contributed by atoms with E-state index in [4.69, 9.17) is 11.6 Å². The van der Waals surface area contributed by atoms with Crippen molar-refractivity contribution in [2.75, 3.05) is 17.2 Å². The average Bonchev–Trinajstić information content (AvgIpc) is 2.50. The summed E-state index contributed by atoms with van der Waals surface area (Å²) in [5.74, 6) is -0.510. The standard InChI is InChI=1S/C17H16ClF3N2O/c1-11-4-2-3-5-14(11)22-9-8-16(24)23-15-7-6-12(18)10-13(15)17(19,20)21/h2-7,10,22H,8-9H2,1H3,(H,23,24). The second-order valence-corrected chi connectivity index (χ2v) is 5.66. The van der Waals surface area contributed by atoms with Gasteiger partial charge in [-0.05, 0) is 36.8 Å². The number of amides is 1. The van der Waals surface area contributed by atoms with Gasteiger partial charge in [-0.15, -0.1) is 0 Å². The van der Waals surface area contributed by atoms with Crippen LogP contribution >= 0.6 is 11.6 Å². The highest BCUT2D eigenvalue weighted by Crippen LogP contribution is 2.36. The summed E-state index contributed by atoms with van der Waals surface area (Å²) in [6.07, 6.45) is -4.55. The van der Waals surface area contributed by atoms with Gasteiger partial charge < -0.3 is 10.6 Å². The minimum Gasteiger partial charge on any atom is -0.384 e. The predicted molar refractivity (Wildman–Crippen MR) is 89.4 cm³/mol. The number of hydrogen-bond donors (Lipinski definition) is 2. The molecule has 2 aromatic carbocycles. The van der Waals surface area contributed by atoms with Crippen molar-refractivity contribution in [3.05, 3.63) is 58.6 Å². The Morgan fingerprint density at radius 2 is 1.83 bits per heavy atom. The zero-order valence-electron chi connectivity index (χ0n) is 12.9. The molecule has 0 fully saturated rings. The molecule has 3 nitrogen and oxygen atoms in total. The summed E-state index contributed by atoms with van der Waals surface area (Å²) in [4.78, 5) is 11.9. The number of para-hydroxylation sites is 1. The number of rotatable bonds is 5. The Bertz CT molecular complexity index is 732. The third kappa shape index (κ3) is 4.89. The van der Waals surface area contributed by atoms with Crippen LogP contribution in [0, 0.1) is 6.92 Å². The lowest BCUT2D eigenvalue weighted by Crippen LogP contribution is -2.19. The van der Waals surface area contributed by atoms with Gasteiger partial charge in [-0.1, -0.05) is 29.8 Å². The molecule has 0 bridgehead atoms. The minimum atomic E-state index is -4.59. The lowest BCUT2D eigenvalue weighted by Gasteiger charge is -2.14. The molecule has 0 atom stereocenters. The van der Waals surface area contributed by atoms with Gasteiger partial charge in [0.1, 0.15) is 0 Å². The van der Waals surface area contributed by atoms with Gasteiger partial charge >= 0.3 is 6.18 Å². The third-order valence-electron chi connectivity index (χ3n) is 3.37. The van der Waals surface area contributed by atoms with E-state index in [0.717, 1.165) is 23.4 Å². The molecule has 0 spiro atoms. The molecule has 2 aromatic rings. The number of benzene rings is 2. The van der Waals surface area contributed by atoms with E-state index in [0.29, 0.717) is 6.54 Å². The summed E-state index contributed by atoms with van der Waals surface area (Å²) in [7, 11) is 0. The number of carbonyl (C=O) groups excluding carboxylic acids is 1. The normalized spacial score (nSPS) is 11.2. The van der Waals surface area contributed by atoms with Crippen molar-refractivity contribution in [3.63, 3.8) is 0 Å². The maximum absolute atomic E-state index is 13.0. The van der Waals surface area contributed by atoms with E-state index in [9.17, 15) is 18.0 Å². The second-order valence-electron chi connectivity index (χ2n) is 5.23. The Hall–Kier alpha value is -2.21. The highest BCUT2D eigenvalue weighted by molar-refractivity contribution is 6.30. The van der Waals surface area contributed by atoms with E-state index in [1.165, 1.54) is 6.07 Å². The van der Waals surface area contributed by atoms with E-state index >= 15 is 0 Å². The quantitative estimate of drug-likeness (QED) is 0.781. The van der Waals surface area contributed by atoms with Crippen LogP contribution in [-0.2, 0) is 11.0 Å². The van der Waals surface area contributed by atoms with Crippen molar-refractivity contribution in [2.45, 2.75) is 19.5 Å². The second kappa shape index (κ2) is 7.57. The minimum absolute atomic E-state index is 0.0360. The van der Waals surface area contributed by atoms with Gasteiger partial charge in [0.05, 0.1) is 11.3 Å². The molecule has 1 amide bonds. The first-order chi connectivity index (χ1) is 11.3. The monoisotopic (exact) mass is 356 g/mol. The molecule has 0 aliphatic rings. The predicted octanol–water partition coefficient (Wildman–Crippen LogP) is 5.11. The van der Waals surface area contributed by atoms with Crippen LogP contribution in [0.15, 0.2) is 42.5 Å². The van der Waals surface area contributed by atoms with E-state index < -0.39 is 17.6 Å². The number of alkyl halides is 3. The van der Waals surface area contributed by atoms with Gasteiger partial charge in [-0.2, -0.15) is 13.2 Å². The van der Waals surface area contributed by atoms with Gasteiger partial charge in [0.15, 0.2) is 0 Å². The highest BCUT2D eigenvalue weighted by atomic mass is 35.5. The van der Waals surface area contributed by atoms with Crippen LogP contribution in [0.2, 0.25) is 5.02 Å². The average molecular weight is 357 g/mol. The summed E-state index contributed by atoms with van der Waals surface area (Å²) < 4.78 is 38.9. The summed E-state index contributed by atoms with van der Waals surface area (Å²) in [6.45, 7) is 2.23. The highest BCUT2D eigenvalue weighted by Gasteiger charge is 2.34. The molecule has 0 heterocycles. The van der Waals surface area contributed by atoms with E-state index in [1.807, 2.05) is 31.2 Å². The molecule has 0 unspecified atom stereocenters. The van der Waals surface area contributed by atoms with Gasteiger partial charge in [0, 0.05) is 23.7 Å². The number of carbonyl (C=O) groups is 1. The molecule has 24 heavy (non-hydrogen) atoms. The Kier molecular flexibility index (Phi) is 5.72. The number of anilines is 2. The van der Waals surface area contributed by atoms with Crippen molar-refractivity contribution in [3.8, 4) is 0 Å². The fourth-order valence-electron chi connectivity index (χ4n) is 2.15. The molecular formula is C17H16ClF3N2O. The van der Waals surface area contributed by atoms with Crippen molar-refractivity contribution < 1.29 is 18.0 Å². The molecule has 0 aromatic heterocycles. The van der Waals surface area contributed by atoms with Crippen LogP contribution < -0.4 is 10.6 Å². The molecule has 0 saturated heterocycles. The van der Waals surface area contributed by atoms with Gasteiger partial charge in [0.2, 0.25) is 5.91 Å². The lowest BCUT2D eigenvalue weighted by molar-refractivity contribution is -0.137. The molecule has 0 aliphatic carbocycles. The van der Waals surface area contributed by atoms with E-state index in [2.05, 4.69) is 10.6 Å². The number of nitrogens with one attached hydrogen (secondary N) is 2. The summed E-state index contributed by atoms with van der Waals surface area (Å²) in [5, 5.41) is 5.33. The Morgan fingerprint density at radius 3 is 2.50 bits per heavy atom. The smallest absolute Gasteiger partial charge is 0.384 e. The summed E-state index contributed by atoms with van der Waals surface area (Å²) >= 11 is 5.60. The first-order valence-corrected chi connectivity index (χ1v) is 7.61. The van der Waals surface area contributed by atoms with Crippen LogP contribution in [0.5, 0.6) is 0 Å². The number of aryl methyl sites for hydroxylation is 1. The first kappa shape index (κ1) is 18.1. The SMILES string of the molecule is Cc1ccccc1NCCC(=O)Nc1ccc(Cl)cc1C(F)(F)F. The molecule has 128 valence electrons. The van der Waals surface area contributed by atoms with Crippen LogP contribution in [0.4, 0.5) is 24.5 Å². The molecule has 0 saturated carbocycles. The zero-order valence-corrected chi connectivity index (χ0v) is 13.6. The Morgan fingerprint density at radius 1 is 1.12 bits per heavy atom. The molecule has 7 heteroatoms. The maximum Gasteiger partial charge on any atom is 0.418 e. The number of hydrogen-bond acceptors (Lipinski definition) is 2. The van der Waals surface area contributed by atoms with Crippen molar-refractivity contribution in [1.82, 2.24) is 0 Å². The van der Waals surface area contributed by atoms with Crippen molar-refractivity contribution in [1.29, 1.82) is 0 Å². The molecule has 2 N–H and O–H groups in total. The van der Waals surface area contributed by atoms with E-state index in [1.54, 1.807) is 0 Å². The molecule has 2 rings (SSSR count). The fourth-order valence-corrected chi connectivity index (χ4v) is 2.33. The van der Waals surface area contributed by atoms with Crippen LogP contribution in [0.1, 0.15) is 17.5 Å². The molecular weight excluding hydrogens is 341 g/mol. The largest absolute Gasteiger partial charge is 0.418 e. The van der Waals surface area contributed by atoms with Crippen LogP contribution in [0.3, 0.4) is 0 Å². The van der Waals surface area contributed by atoms with Gasteiger partial charge in [0.25, 0.3) is 0 Å². The first-order valence-electron chi connectivity index (χ1n) is 7.23. The van der Waals surface area contributed by atoms with Gasteiger partial charge in [-0.3, -0.25) is 4.79 Å². The zero-order chi connectivity index (χ0) is 17.7. The topological polar surface area (TPSA) is 41.1 Å². The maximum atomic E-state index is 13.0. The van der Waals surface area contributed by atoms with Crippen LogP contribution in [0.25, 0.3) is 0 Å². The third-order valence-corrected chi connectivity index (χ3v) is 3.61. The summed E-state index contributed by atoms with van der Waals surface area (Å²) in [6, 6.07) is 10.8.